The third-order valence-electron chi connectivity index (χ3n) is 2.57. The molecule has 0 spiro atoms. The molecule has 3 nitrogen and oxygen atoms in total. The van der Waals surface area contributed by atoms with Crippen LogP contribution in [0.15, 0.2) is 24.4 Å². The summed E-state index contributed by atoms with van der Waals surface area (Å²) in [6.45, 7) is 2.13. The molecule has 2 aromatic rings. The molecule has 0 aliphatic heterocycles. The Bertz CT molecular complexity index is 508. The van der Waals surface area contributed by atoms with Crippen LogP contribution in [0.1, 0.15) is 19.2 Å². The lowest BCUT2D eigenvalue weighted by molar-refractivity contribution is 0.416. The number of nitrogens with zero attached hydrogens (tertiary/aromatic N) is 1. The highest BCUT2D eigenvalue weighted by Crippen LogP contribution is 2.31. The van der Waals surface area contributed by atoms with Gasteiger partial charge in [-0.3, -0.25) is 0 Å². The van der Waals surface area contributed by atoms with E-state index < -0.39 is 0 Å². The Morgan fingerprint density at radius 3 is 2.94 bits per heavy atom. The van der Waals surface area contributed by atoms with Gasteiger partial charge >= 0.3 is 0 Å². The third kappa shape index (κ3) is 2.61. The Hall–Kier alpha value is -1.48. The van der Waals surface area contributed by atoms with Gasteiger partial charge in [0.1, 0.15) is 11.6 Å². The molecule has 0 aliphatic carbocycles. The maximum Gasteiger partial charge on any atom is 0.128 e. The average Bonchev–Trinajstić information content (AvgIpc) is 2.78. The molecule has 1 aromatic carbocycles. The van der Waals surface area contributed by atoms with Gasteiger partial charge in [0.2, 0.25) is 0 Å². The van der Waals surface area contributed by atoms with Crippen LogP contribution in [0.2, 0.25) is 5.02 Å². The van der Waals surface area contributed by atoms with Gasteiger partial charge in [0.25, 0.3) is 0 Å². The molecule has 0 atom stereocenters. The highest BCUT2D eigenvalue weighted by atomic mass is 35.5. The van der Waals surface area contributed by atoms with E-state index in [0.717, 1.165) is 35.7 Å². The van der Waals surface area contributed by atoms with Crippen molar-refractivity contribution in [3.8, 4) is 17.0 Å². The first kappa shape index (κ1) is 12.0. The van der Waals surface area contributed by atoms with Crippen LogP contribution in [-0.4, -0.2) is 17.1 Å². The minimum Gasteiger partial charge on any atom is -0.496 e. The van der Waals surface area contributed by atoms with Crippen molar-refractivity contribution in [1.82, 2.24) is 9.97 Å². The SMILES string of the molecule is CCCc1ncc(-c2cc(Cl)ccc2OC)[nH]1. The molecule has 17 heavy (non-hydrogen) atoms. The second-order valence-electron chi connectivity index (χ2n) is 3.84. The second kappa shape index (κ2) is 5.23. The average molecular weight is 251 g/mol. The number of halogens is 1. The Labute approximate surface area is 106 Å². The van der Waals surface area contributed by atoms with Gasteiger partial charge < -0.3 is 9.72 Å². The van der Waals surface area contributed by atoms with Crippen molar-refractivity contribution in [1.29, 1.82) is 0 Å². The zero-order chi connectivity index (χ0) is 12.3. The van der Waals surface area contributed by atoms with E-state index in [1.54, 1.807) is 7.11 Å². The van der Waals surface area contributed by atoms with E-state index in [-0.39, 0.29) is 0 Å². The lowest BCUT2D eigenvalue weighted by Gasteiger charge is -2.06. The first-order valence-electron chi connectivity index (χ1n) is 5.62. The van der Waals surface area contributed by atoms with Gasteiger partial charge in [-0.05, 0) is 24.6 Å². The van der Waals surface area contributed by atoms with E-state index in [2.05, 4.69) is 16.9 Å². The number of benzene rings is 1. The molecular formula is C13H15ClN2O. The fourth-order valence-electron chi connectivity index (χ4n) is 1.75. The van der Waals surface area contributed by atoms with Crippen LogP contribution in [-0.2, 0) is 6.42 Å². The fraction of sp³-hybridized carbons (Fsp3) is 0.308. The van der Waals surface area contributed by atoms with Crippen molar-refractivity contribution in [3.05, 3.63) is 35.2 Å². The Morgan fingerprint density at radius 1 is 1.41 bits per heavy atom. The van der Waals surface area contributed by atoms with Crippen LogP contribution in [0.3, 0.4) is 0 Å². The number of rotatable bonds is 4. The molecule has 0 amide bonds. The number of methoxy groups -OCH3 is 1. The minimum atomic E-state index is 0.687. The number of aryl methyl sites for hydroxylation is 1. The Morgan fingerprint density at radius 2 is 2.24 bits per heavy atom. The molecule has 1 heterocycles. The molecule has 0 saturated carbocycles. The van der Waals surface area contributed by atoms with Crippen molar-refractivity contribution in [2.45, 2.75) is 19.8 Å². The summed E-state index contributed by atoms with van der Waals surface area (Å²) < 4.78 is 5.32. The molecule has 0 saturated heterocycles. The second-order valence-corrected chi connectivity index (χ2v) is 4.27. The smallest absolute Gasteiger partial charge is 0.128 e. The number of ether oxygens (including phenoxy) is 1. The molecule has 0 fully saturated rings. The zero-order valence-corrected chi connectivity index (χ0v) is 10.7. The zero-order valence-electron chi connectivity index (χ0n) is 9.96. The number of H-pyrrole nitrogens is 1. The van der Waals surface area contributed by atoms with Gasteiger partial charge in [0.15, 0.2) is 0 Å². The van der Waals surface area contributed by atoms with Crippen LogP contribution in [0.4, 0.5) is 0 Å². The van der Waals surface area contributed by atoms with E-state index in [4.69, 9.17) is 16.3 Å². The first-order valence-corrected chi connectivity index (χ1v) is 6.00. The van der Waals surface area contributed by atoms with Gasteiger partial charge in [-0.25, -0.2) is 4.98 Å². The third-order valence-corrected chi connectivity index (χ3v) is 2.80. The molecule has 0 unspecified atom stereocenters. The number of aromatic nitrogens is 2. The summed E-state index contributed by atoms with van der Waals surface area (Å²) in [5.41, 5.74) is 1.88. The molecule has 1 N–H and O–H groups in total. The van der Waals surface area contributed by atoms with Gasteiger partial charge in [-0.1, -0.05) is 18.5 Å². The quantitative estimate of drug-likeness (QED) is 0.899. The number of imidazole rings is 1. The summed E-state index contributed by atoms with van der Waals surface area (Å²) in [6, 6.07) is 5.55. The molecular weight excluding hydrogens is 236 g/mol. The van der Waals surface area contributed by atoms with Gasteiger partial charge in [0, 0.05) is 17.0 Å². The van der Waals surface area contributed by atoms with Gasteiger partial charge in [0.05, 0.1) is 19.0 Å². The van der Waals surface area contributed by atoms with Crippen LogP contribution in [0.5, 0.6) is 5.75 Å². The topological polar surface area (TPSA) is 37.9 Å². The molecule has 2 rings (SSSR count). The van der Waals surface area contributed by atoms with Crippen LogP contribution in [0.25, 0.3) is 11.3 Å². The molecule has 4 heteroatoms. The summed E-state index contributed by atoms with van der Waals surface area (Å²) in [6.07, 6.45) is 3.84. The monoisotopic (exact) mass is 250 g/mol. The van der Waals surface area contributed by atoms with E-state index in [1.807, 2.05) is 24.4 Å². The summed E-state index contributed by atoms with van der Waals surface area (Å²) in [5, 5.41) is 0.687. The van der Waals surface area contributed by atoms with E-state index in [9.17, 15) is 0 Å². The molecule has 0 bridgehead atoms. The predicted octanol–water partition coefficient (Wildman–Crippen LogP) is 3.69. The van der Waals surface area contributed by atoms with Crippen LogP contribution < -0.4 is 4.74 Å². The summed E-state index contributed by atoms with van der Waals surface area (Å²) in [5.74, 6) is 1.78. The van der Waals surface area contributed by atoms with Crippen molar-refractivity contribution >= 4 is 11.6 Å². The summed E-state index contributed by atoms with van der Waals surface area (Å²) in [4.78, 5) is 7.62. The maximum absolute atomic E-state index is 6.00. The predicted molar refractivity (Wildman–Crippen MR) is 69.6 cm³/mol. The van der Waals surface area contributed by atoms with E-state index in [0.29, 0.717) is 5.02 Å². The van der Waals surface area contributed by atoms with E-state index >= 15 is 0 Å². The molecule has 0 radical (unpaired) electrons. The van der Waals surface area contributed by atoms with Crippen molar-refractivity contribution in [2.24, 2.45) is 0 Å². The fourth-order valence-corrected chi connectivity index (χ4v) is 1.93. The minimum absolute atomic E-state index is 0.687. The van der Waals surface area contributed by atoms with Crippen molar-refractivity contribution in [2.75, 3.05) is 7.11 Å². The molecule has 90 valence electrons. The van der Waals surface area contributed by atoms with E-state index in [1.165, 1.54) is 0 Å². The highest BCUT2D eigenvalue weighted by molar-refractivity contribution is 6.30. The standard InChI is InChI=1S/C13H15ClN2O/c1-3-4-13-15-8-11(16-13)10-7-9(14)5-6-12(10)17-2/h5-8H,3-4H2,1-2H3,(H,15,16). The number of aromatic amines is 1. The van der Waals surface area contributed by atoms with Gasteiger partial charge in [-0.15, -0.1) is 0 Å². The number of hydrogen-bond donors (Lipinski definition) is 1. The van der Waals surface area contributed by atoms with Crippen molar-refractivity contribution < 1.29 is 4.74 Å². The van der Waals surface area contributed by atoms with Crippen LogP contribution >= 0.6 is 11.6 Å². The normalized spacial score (nSPS) is 10.5. The lowest BCUT2D eigenvalue weighted by atomic mass is 10.1. The van der Waals surface area contributed by atoms with Crippen LogP contribution in [0, 0.1) is 0 Å². The Balaban J connectivity index is 2.40. The highest BCUT2D eigenvalue weighted by Gasteiger charge is 2.09. The maximum atomic E-state index is 6.00. The number of nitrogens with one attached hydrogen (secondary N) is 1. The van der Waals surface area contributed by atoms with Gasteiger partial charge in [-0.2, -0.15) is 0 Å². The lowest BCUT2D eigenvalue weighted by Crippen LogP contribution is -1.89. The molecule has 1 aromatic heterocycles. The number of hydrogen-bond acceptors (Lipinski definition) is 2. The Kier molecular flexibility index (Phi) is 3.69. The summed E-state index contributed by atoms with van der Waals surface area (Å²) in [7, 11) is 1.65. The molecule has 0 aliphatic rings. The van der Waals surface area contributed by atoms with Crippen molar-refractivity contribution in [3.63, 3.8) is 0 Å². The first-order chi connectivity index (χ1) is 8.24. The largest absolute Gasteiger partial charge is 0.496 e. The summed E-state index contributed by atoms with van der Waals surface area (Å²) >= 11 is 6.00.